The Bertz CT molecular complexity index is 552. The van der Waals surface area contributed by atoms with Crippen LogP contribution in [0.15, 0.2) is 24.3 Å². The molecular formula is C31H56O4. The Labute approximate surface area is 217 Å². The summed E-state index contributed by atoms with van der Waals surface area (Å²) < 4.78 is 9.48. The Kier molecular flexibility index (Phi) is 24.4. The molecule has 0 N–H and O–H groups in total. The van der Waals surface area contributed by atoms with Gasteiger partial charge in [-0.25, -0.2) is 0 Å². The number of hydrogen-bond acceptors (Lipinski definition) is 4. The van der Waals surface area contributed by atoms with Crippen molar-refractivity contribution in [3.8, 4) is 0 Å². The van der Waals surface area contributed by atoms with Gasteiger partial charge in [-0.1, -0.05) is 83.1 Å². The van der Waals surface area contributed by atoms with E-state index < -0.39 is 0 Å². The third kappa shape index (κ3) is 23.9. The number of carbonyl (C=O) groups is 2. The molecule has 0 aromatic carbocycles. The number of ether oxygens (including phenoxy) is 2. The number of carbonyl (C=O) groups excluding carboxylic acids is 2. The molecule has 0 bridgehead atoms. The predicted molar refractivity (Wildman–Crippen MR) is 148 cm³/mol. The summed E-state index contributed by atoms with van der Waals surface area (Å²) in [5.41, 5.74) is 0. The zero-order valence-corrected chi connectivity index (χ0v) is 23.5. The second kappa shape index (κ2) is 25.5. The second-order valence-corrected chi connectivity index (χ2v) is 10.00. The van der Waals surface area contributed by atoms with Crippen molar-refractivity contribution in [2.24, 2.45) is 11.8 Å². The van der Waals surface area contributed by atoms with Gasteiger partial charge in [0.05, 0.1) is 13.7 Å². The van der Waals surface area contributed by atoms with Gasteiger partial charge >= 0.3 is 11.9 Å². The summed E-state index contributed by atoms with van der Waals surface area (Å²) in [6.07, 6.45) is 30.3. The standard InChI is InChI=1S/C19H32O2.C12H24O2/c1-21-19(20)17-11-9-7-5-3-2-4-6-8-10-14-18-15-12-13-16-18;1-4-6-8-11(3)9-7-10-12(13)14-5-2/h3,5,12,15,18H,2,4,6-11,13-14,16-17H2,1H3;11H,4-10H2,1-3H3. The Morgan fingerprint density at radius 2 is 1.54 bits per heavy atom. The van der Waals surface area contributed by atoms with Crippen molar-refractivity contribution in [3.05, 3.63) is 24.3 Å². The van der Waals surface area contributed by atoms with E-state index in [1.165, 1.54) is 77.7 Å². The van der Waals surface area contributed by atoms with Crippen LogP contribution in [-0.2, 0) is 19.1 Å². The second-order valence-electron chi connectivity index (χ2n) is 10.00. The topological polar surface area (TPSA) is 52.6 Å². The third-order valence-electron chi connectivity index (χ3n) is 6.64. The molecule has 0 fully saturated rings. The highest BCUT2D eigenvalue weighted by Crippen LogP contribution is 2.23. The summed E-state index contributed by atoms with van der Waals surface area (Å²) in [5, 5.41) is 0. The normalized spacial score (nSPS) is 15.6. The molecule has 0 saturated heterocycles. The highest BCUT2D eigenvalue weighted by atomic mass is 16.5. The lowest BCUT2D eigenvalue weighted by Crippen LogP contribution is -2.04. The molecule has 0 aliphatic heterocycles. The molecule has 1 aliphatic carbocycles. The number of rotatable bonds is 20. The first-order valence-corrected chi connectivity index (χ1v) is 14.6. The van der Waals surface area contributed by atoms with E-state index in [0.29, 0.717) is 19.4 Å². The van der Waals surface area contributed by atoms with E-state index in [1.54, 1.807) is 0 Å². The van der Waals surface area contributed by atoms with Gasteiger partial charge in [0.1, 0.15) is 0 Å². The van der Waals surface area contributed by atoms with Gasteiger partial charge in [0, 0.05) is 12.8 Å². The summed E-state index contributed by atoms with van der Waals surface area (Å²) >= 11 is 0. The molecule has 0 aromatic rings. The lowest BCUT2D eigenvalue weighted by atomic mass is 9.98. The third-order valence-corrected chi connectivity index (χ3v) is 6.64. The van der Waals surface area contributed by atoms with Crippen LogP contribution in [0.5, 0.6) is 0 Å². The van der Waals surface area contributed by atoms with Crippen LogP contribution in [-0.4, -0.2) is 25.7 Å². The van der Waals surface area contributed by atoms with E-state index in [9.17, 15) is 9.59 Å². The fourth-order valence-corrected chi connectivity index (χ4v) is 4.35. The van der Waals surface area contributed by atoms with Crippen LogP contribution in [0.3, 0.4) is 0 Å². The predicted octanol–water partition coefficient (Wildman–Crippen LogP) is 9.13. The van der Waals surface area contributed by atoms with Gasteiger partial charge in [0.15, 0.2) is 0 Å². The molecule has 4 heteroatoms. The van der Waals surface area contributed by atoms with Crippen molar-refractivity contribution in [3.63, 3.8) is 0 Å². The molecule has 1 aliphatic rings. The van der Waals surface area contributed by atoms with Crippen molar-refractivity contribution < 1.29 is 19.1 Å². The van der Waals surface area contributed by atoms with Gasteiger partial charge in [-0.3, -0.25) is 9.59 Å². The Hall–Kier alpha value is -1.58. The minimum absolute atomic E-state index is 0.0461. The highest BCUT2D eigenvalue weighted by Gasteiger charge is 2.08. The van der Waals surface area contributed by atoms with Gasteiger partial charge in [0.2, 0.25) is 0 Å². The molecule has 0 saturated carbocycles. The molecule has 0 spiro atoms. The fraction of sp³-hybridized carbons (Fsp3) is 0.806. The molecule has 4 nitrogen and oxygen atoms in total. The summed E-state index contributed by atoms with van der Waals surface area (Å²) in [6.45, 7) is 6.83. The summed E-state index contributed by atoms with van der Waals surface area (Å²) in [6, 6.07) is 0. The van der Waals surface area contributed by atoms with Crippen molar-refractivity contribution in [2.45, 2.75) is 136 Å². The lowest BCUT2D eigenvalue weighted by molar-refractivity contribution is -0.143. The molecular weight excluding hydrogens is 436 g/mol. The first kappa shape index (κ1) is 33.4. The van der Waals surface area contributed by atoms with Crippen molar-refractivity contribution >= 4 is 11.9 Å². The van der Waals surface area contributed by atoms with E-state index in [1.807, 2.05) is 6.92 Å². The Morgan fingerprint density at radius 3 is 2.17 bits per heavy atom. The van der Waals surface area contributed by atoms with E-state index in [-0.39, 0.29) is 11.9 Å². The quantitative estimate of drug-likeness (QED) is 0.0965. The van der Waals surface area contributed by atoms with Gasteiger partial charge in [-0.15, -0.1) is 0 Å². The van der Waals surface area contributed by atoms with Crippen LogP contribution in [0.4, 0.5) is 0 Å². The fourth-order valence-electron chi connectivity index (χ4n) is 4.35. The number of methoxy groups -OCH3 is 1. The smallest absolute Gasteiger partial charge is 0.305 e. The Balaban J connectivity index is 0.000000720. The molecule has 2 atom stereocenters. The minimum Gasteiger partial charge on any atom is -0.469 e. The molecule has 0 aromatic heterocycles. The molecule has 2 unspecified atom stereocenters. The van der Waals surface area contributed by atoms with Crippen molar-refractivity contribution in [1.29, 1.82) is 0 Å². The number of allylic oxidation sites excluding steroid dienone is 4. The Morgan fingerprint density at radius 1 is 0.886 bits per heavy atom. The molecule has 204 valence electrons. The monoisotopic (exact) mass is 492 g/mol. The maximum Gasteiger partial charge on any atom is 0.305 e. The molecule has 1 rings (SSSR count). The van der Waals surface area contributed by atoms with Gasteiger partial charge < -0.3 is 9.47 Å². The maximum atomic E-state index is 11.0. The van der Waals surface area contributed by atoms with E-state index >= 15 is 0 Å². The van der Waals surface area contributed by atoms with Crippen LogP contribution in [0.2, 0.25) is 0 Å². The largest absolute Gasteiger partial charge is 0.469 e. The average Bonchev–Trinajstić information content (AvgIpc) is 3.37. The van der Waals surface area contributed by atoms with Crippen molar-refractivity contribution in [1.82, 2.24) is 0 Å². The van der Waals surface area contributed by atoms with Crippen LogP contribution in [0, 0.1) is 11.8 Å². The van der Waals surface area contributed by atoms with E-state index in [4.69, 9.17) is 4.74 Å². The summed E-state index contributed by atoms with van der Waals surface area (Å²) in [4.78, 5) is 21.9. The zero-order valence-electron chi connectivity index (χ0n) is 23.5. The van der Waals surface area contributed by atoms with Gasteiger partial charge in [-0.2, -0.15) is 0 Å². The van der Waals surface area contributed by atoms with Crippen molar-refractivity contribution in [2.75, 3.05) is 13.7 Å². The van der Waals surface area contributed by atoms with Crippen LogP contribution < -0.4 is 0 Å². The summed E-state index contributed by atoms with van der Waals surface area (Å²) in [7, 11) is 1.45. The number of esters is 2. The molecule has 0 radical (unpaired) electrons. The van der Waals surface area contributed by atoms with Crippen LogP contribution >= 0.6 is 0 Å². The molecule has 0 heterocycles. The highest BCUT2D eigenvalue weighted by molar-refractivity contribution is 5.69. The number of hydrogen-bond donors (Lipinski definition) is 0. The van der Waals surface area contributed by atoms with E-state index in [2.05, 4.69) is 42.9 Å². The van der Waals surface area contributed by atoms with Crippen LogP contribution in [0.25, 0.3) is 0 Å². The molecule has 35 heavy (non-hydrogen) atoms. The summed E-state index contributed by atoms with van der Waals surface area (Å²) in [5.74, 6) is 1.50. The first-order valence-electron chi connectivity index (χ1n) is 14.6. The van der Waals surface area contributed by atoms with Crippen LogP contribution in [0.1, 0.15) is 136 Å². The van der Waals surface area contributed by atoms with E-state index in [0.717, 1.165) is 43.9 Å². The van der Waals surface area contributed by atoms with Gasteiger partial charge in [0.25, 0.3) is 0 Å². The molecule has 0 amide bonds. The number of unbranched alkanes of at least 4 members (excludes halogenated alkanes) is 7. The average molecular weight is 493 g/mol. The lowest BCUT2D eigenvalue weighted by Gasteiger charge is -2.09. The zero-order chi connectivity index (χ0) is 26.0. The SMILES string of the molecule is CCCCC(C)CCCC(=O)OCC.COC(=O)CCCCC=CCCCCCCC1C=CCC1. The van der Waals surface area contributed by atoms with Gasteiger partial charge in [-0.05, 0) is 76.5 Å². The maximum absolute atomic E-state index is 11.0. The first-order chi connectivity index (χ1) is 17.0. The minimum atomic E-state index is -0.0907.